The van der Waals surface area contributed by atoms with Gasteiger partial charge in [-0.1, -0.05) is 76.9 Å². The van der Waals surface area contributed by atoms with Gasteiger partial charge in [0.25, 0.3) is 5.91 Å². The molecule has 1 aliphatic heterocycles. The number of hydrogen-bond acceptors (Lipinski definition) is 7. The zero-order valence-corrected chi connectivity index (χ0v) is 27.1. The number of amides is 1. The molecular weight excluding hydrogens is 637 g/mol. The number of nitrogens with zero attached hydrogens (tertiary/aromatic N) is 3. The number of hydrogen-bond donors (Lipinski definition) is 0. The first kappa shape index (κ1) is 31.3. The van der Waals surface area contributed by atoms with Crippen molar-refractivity contribution in [2.45, 2.75) is 37.0 Å². The third kappa shape index (κ3) is 5.88. The highest BCUT2D eigenvalue weighted by Gasteiger charge is 2.52. The van der Waals surface area contributed by atoms with Crippen LogP contribution < -0.4 is 0 Å². The van der Waals surface area contributed by atoms with Crippen molar-refractivity contribution in [2.75, 3.05) is 32.8 Å². The molecule has 0 radical (unpaired) electrons. The molecule has 0 unspecified atom stereocenters. The molecule has 2 heterocycles. The van der Waals surface area contributed by atoms with Gasteiger partial charge in [0.1, 0.15) is 5.56 Å². The number of aryl methyl sites for hydroxylation is 1. The minimum Gasteiger partial charge on any atom is -0.465 e. The van der Waals surface area contributed by atoms with Crippen LogP contribution >= 0.6 is 23.2 Å². The molecule has 234 valence electrons. The molecule has 45 heavy (non-hydrogen) atoms. The van der Waals surface area contributed by atoms with Crippen molar-refractivity contribution in [3.05, 3.63) is 93.6 Å². The Hall–Kier alpha value is -3.70. The number of benzene rings is 3. The smallest absolute Gasteiger partial charge is 0.316 e. The van der Waals surface area contributed by atoms with Crippen LogP contribution in [0.15, 0.2) is 76.1 Å². The van der Waals surface area contributed by atoms with Crippen LogP contribution in [0.25, 0.3) is 22.5 Å². The van der Waals surface area contributed by atoms with Crippen LogP contribution in [0, 0.1) is 6.92 Å². The van der Waals surface area contributed by atoms with E-state index in [-0.39, 0.29) is 53.0 Å². The van der Waals surface area contributed by atoms with Crippen molar-refractivity contribution in [1.29, 1.82) is 0 Å². The lowest BCUT2D eigenvalue weighted by molar-refractivity contribution is -0.146. The molecule has 12 heteroatoms. The van der Waals surface area contributed by atoms with E-state index in [2.05, 4.69) is 5.16 Å². The first-order chi connectivity index (χ1) is 21.5. The molecule has 3 aromatic carbocycles. The average molecular weight is 669 g/mol. The van der Waals surface area contributed by atoms with Gasteiger partial charge in [0.05, 0.1) is 32.7 Å². The summed E-state index contributed by atoms with van der Waals surface area (Å²) in [5, 5.41) is 4.50. The molecule has 1 saturated heterocycles. The zero-order valence-electron chi connectivity index (χ0n) is 24.8. The Bertz CT molecular complexity index is 1860. The van der Waals surface area contributed by atoms with E-state index in [0.29, 0.717) is 29.2 Å². The van der Waals surface area contributed by atoms with E-state index in [1.807, 2.05) is 55.5 Å². The van der Waals surface area contributed by atoms with E-state index in [9.17, 15) is 18.0 Å². The molecule has 0 N–H and O–H groups in total. The second kappa shape index (κ2) is 12.2. The maximum atomic E-state index is 13.7. The van der Waals surface area contributed by atoms with E-state index in [1.165, 1.54) is 22.5 Å². The second-order valence-corrected chi connectivity index (χ2v) is 14.0. The van der Waals surface area contributed by atoms with Gasteiger partial charge in [-0.3, -0.25) is 9.59 Å². The summed E-state index contributed by atoms with van der Waals surface area (Å²) in [7, 11) is -3.80. The lowest BCUT2D eigenvalue weighted by Gasteiger charge is -2.34. The van der Waals surface area contributed by atoms with Gasteiger partial charge >= 0.3 is 5.97 Å². The van der Waals surface area contributed by atoms with Crippen LogP contribution in [0.4, 0.5) is 0 Å². The average Bonchev–Trinajstić information content (AvgIpc) is 3.78. The first-order valence-corrected chi connectivity index (χ1v) is 16.8. The van der Waals surface area contributed by atoms with Crippen LogP contribution in [0.2, 0.25) is 10.0 Å². The van der Waals surface area contributed by atoms with Crippen molar-refractivity contribution in [3.8, 4) is 22.5 Å². The quantitative estimate of drug-likeness (QED) is 0.201. The number of esters is 1. The SMILES string of the molecule is CCOC(=O)C1(c2ccc(-c3ccc(-c4onc(C)c4C(=O)N4CCN(S(=O)(=O)c5ccc(Cl)c(Cl)c5)CC4)cc3)cc2)CC1. The third-order valence-corrected chi connectivity index (χ3v) is 11.1. The molecule has 2 fully saturated rings. The molecule has 9 nitrogen and oxygen atoms in total. The Morgan fingerprint density at radius 2 is 1.49 bits per heavy atom. The van der Waals surface area contributed by atoms with Crippen LogP contribution in [0.5, 0.6) is 0 Å². The summed E-state index contributed by atoms with van der Waals surface area (Å²) >= 11 is 12.0. The molecule has 2 aliphatic rings. The third-order valence-electron chi connectivity index (χ3n) is 8.47. The summed E-state index contributed by atoms with van der Waals surface area (Å²) in [4.78, 5) is 27.8. The summed E-state index contributed by atoms with van der Waals surface area (Å²) in [6, 6.07) is 19.8. The number of carbonyl (C=O) groups excluding carboxylic acids is 2. The summed E-state index contributed by atoms with van der Waals surface area (Å²) in [6.07, 6.45) is 1.59. The van der Waals surface area contributed by atoms with Crippen molar-refractivity contribution >= 4 is 45.1 Å². The largest absolute Gasteiger partial charge is 0.465 e. The first-order valence-electron chi connectivity index (χ1n) is 14.6. The summed E-state index contributed by atoms with van der Waals surface area (Å²) < 4.78 is 38.6. The lowest BCUT2D eigenvalue weighted by atomic mass is 9.93. The highest BCUT2D eigenvalue weighted by Crippen LogP contribution is 2.49. The van der Waals surface area contributed by atoms with Crippen molar-refractivity contribution < 1.29 is 27.3 Å². The minimum atomic E-state index is -3.80. The van der Waals surface area contributed by atoms with Gasteiger partial charge in [0.15, 0.2) is 5.76 Å². The number of piperazine rings is 1. The van der Waals surface area contributed by atoms with Crippen LogP contribution in [-0.2, 0) is 25.0 Å². The van der Waals surface area contributed by atoms with Gasteiger partial charge in [-0.25, -0.2) is 8.42 Å². The van der Waals surface area contributed by atoms with Crippen molar-refractivity contribution in [3.63, 3.8) is 0 Å². The number of halogens is 2. The molecular formula is C33H31Cl2N3O6S. The van der Waals surface area contributed by atoms with E-state index in [4.69, 9.17) is 32.5 Å². The topological polar surface area (TPSA) is 110 Å². The fraction of sp³-hybridized carbons (Fsp3) is 0.303. The minimum absolute atomic E-state index is 0.0525. The fourth-order valence-electron chi connectivity index (χ4n) is 5.70. The highest BCUT2D eigenvalue weighted by molar-refractivity contribution is 7.89. The highest BCUT2D eigenvalue weighted by atomic mass is 35.5. The fourth-order valence-corrected chi connectivity index (χ4v) is 7.51. The number of ether oxygens (including phenoxy) is 1. The Morgan fingerprint density at radius 1 is 0.889 bits per heavy atom. The standard InChI is InChI=1S/C33H31Cl2N3O6S/c1-3-43-32(40)33(14-15-33)25-10-8-23(9-11-25)22-4-6-24(7-5-22)30-29(21(2)36-44-30)31(39)37-16-18-38(19-17-37)45(41,42)26-12-13-27(34)28(35)20-26/h4-13,20H,3,14-19H2,1-2H3. The maximum Gasteiger partial charge on any atom is 0.316 e. The normalized spacial score (nSPS) is 16.4. The molecule has 1 amide bonds. The predicted molar refractivity (Wildman–Crippen MR) is 171 cm³/mol. The van der Waals surface area contributed by atoms with Gasteiger partial charge in [-0.15, -0.1) is 0 Å². The van der Waals surface area contributed by atoms with Gasteiger partial charge < -0.3 is 14.2 Å². The van der Waals surface area contributed by atoms with E-state index < -0.39 is 15.4 Å². The zero-order chi connectivity index (χ0) is 31.9. The Morgan fingerprint density at radius 3 is 2.07 bits per heavy atom. The van der Waals surface area contributed by atoms with Crippen LogP contribution in [0.1, 0.15) is 41.4 Å². The van der Waals surface area contributed by atoms with E-state index >= 15 is 0 Å². The molecule has 6 rings (SSSR count). The van der Waals surface area contributed by atoms with Crippen LogP contribution in [-0.4, -0.2) is 67.4 Å². The van der Waals surface area contributed by atoms with Gasteiger partial charge in [0.2, 0.25) is 10.0 Å². The van der Waals surface area contributed by atoms with E-state index in [1.54, 1.807) is 11.8 Å². The number of aromatic nitrogens is 1. The molecule has 0 atom stereocenters. The van der Waals surface area contributed by atoms with E-state index in [0.717, 1.165) is 29.5 Å². The Labute approximate surface area is 271 Å². The second-order valence-electron chi connectivity index (χ2n) is 11.2. The van der Waals surface area contributed by atoms with Crippen molar-refractivity contribution in [1.82, 2.24) is 14.4 Å². The number of rotatable bonds is 8. The Kier molecular flexibility index (Phi) is 8.51. The van der Waals surface area contributed by atoms with Gasteiger partial charge in [-0.2, -0.15) is 4.31 Å². The van der Waals surface area contributed by atoms with Gasteiger partial charge in [-0.05, 0) is 61.6 Å². The monoisotopic (exact) mass is 667 g/mol. The summed E-state index contributed by atoms with van der Waals surface area (Å²) in [5.74, 6) is -0.0778. The number of carbonyl (C=O) groups is 2. The van der Waals surface area contributed by atoms with Crippen molar-refractivity contribution in [2.24, 2.45) is 0 Å². The predicted octanol–water partition coefficient (Wildman–Crippen LogP) is 6.37. The molecule has 1 aliphatic carbocycles. The molecule has 4 aromatic rings. The number of sulfonamides is 1. The molecule has 1 saturated carbocycles. The molecule has 0 spiro atoms. The summed E-state index contributed by atoms with van der Waals surface area (Å²) in [5.41, 5.74) is 3.90. The van der Waals surface area contributed by atoms with Gasteiger partial charge in [0, 0.05) is 31.7 Å². The molecule has 0 bridgehead atoms. The van der Waals surface area contributed by atoms with Crippen LogP contribution in [0.3, 0.4) is 0 Å². The summed E-state index contributed by atoms with van der Waals surface area (Å²) in [6.45, 7) is 4.56. The maximum absolute atomic E-state index is 13.7. The lowest BCUT2D eigenvalue weighted by Crippen LogP contribution is -2.50. The molecule has 1 aromatic heterocycles. The Balaban J connectivity index is 1.15.